The Hall–Kier alpha value is -1.71. The van der Waals surface area contributed by atoms with Gasteiger partial charge >= 0.3 is 17.9 Å². The maximum absolute atomic E-state index is 12.9. The van der Waals surface area contributed by atoms with Crippen molar-refractivity contribution in [3.63, 3.8) is 0 Å². The van der Waals surface area contributed by atoms with E-state index in [-0.39, 0.29) is 38.2 Å². The summed E-state index contributed by atoms with van der Waals surface area (Å²) in [5, 5.41) is 9.68. The quantitative estimate of drug-likeness (QED) is 0.0278. The summed E-state index contributed by atoms with van der Waals surface area (Å²) in [6, 6.07) is 0. The Bertz CT molecular complexity index is 1050. The summed E-state index contributed by atoms with van der Waals surface area (Å²) >= 11 is 0. The van der Waals surface area contributed by atoms with E-state index in [0.717, 1.165) is 38.5 Å². The molecule has 2 atom stereocenters. The molecule has 0 aliphatic heterocycles. The van der Waals surface area contributed by atoms with E-state index in [1.54, 1.807) is 0 Å². The van der Waals surface area contributed by atoms with Gasteiger partial charge in [0.1, 0.15) is 13.2 Å². The van der Waals surface area contributed by atoms with E-state index in [9.17, 15) is 19.5 Å². The first kappa shape index (κ1) is 64.3. The second-order valence-corrected chi connectivity index (χ2v) is 21.0. The zero-order chi connectivity index (χ0) is 48.4. The number of esters is 2. The molecule has 0 saturated heterocycles. The van der Waals surface area contributed by atoms with Gasteiger partial charge in [0.25, 0.3) is 6.29 Å². The van der Waals surface area contributed by atoms with Crippen LogP contribution in [0.3, 0.4) is 0 Å². The molecule has 0 fully saturated rings. The van der Waals surface area contributed by atoms with Crippen LogP contribution in [0.5, 0.6) is 0 Å². The minimum atomic E-state index is -1.50. The predicted molar refractivity (Wildman–Crippen MR) is 277 cm³/mol. The minimum Gasteiger partial charge on any atom is -0.477 e. The van der Waals surface area contributed by atoms with Gasteiger partial charge in [0.2, 0.25) is 0 Å². The SMILES string of the molecule is CCCCCCCCCCCCCCCCCCCCCCCCCCCCCC(=O)OC(COC(=O)CCCCCCCCCCCCCCCC)COC(OCC[N+](C)(C)C)C(=O)O. The minimum absolute atomic E-state index is 0.173. The van der Waals surface area contributed by atoms with Gasteiger partial charge in [0.05, 0.1) is 34.4 Å². The monoisotopic (exact) mass is 939 g/mol. The number of carbonyl (C=O) groups is 3. The van der Waals surface area contributed by atoms with Gasteiger partial charge in [-0.2, -0.15) is 0 Å². The normalized spacial score (nSPS) is 12.7. The molecule has 9 heteroatoms. The van der Waals surface area contributed by atoms with Crippen LogP contribution >= 0.6 is 0 Å². The van der Waals surface area contributed by atoms with Crippen LogP contribution in [0, 0.1) is 0 Å². The molecule has 0 aromatic heterocycles. The Morgan fingerprint density at radius 3 is 0.970 bits per heavy atom. The lowest BCUT2D eigenvalue weighted by atomic mass is 10.0. The smallest absolute Gasteiger partial charge is 0.361 e. The van der Waals surface area contributed by atoms with Gasteiger partial charge in [-0.05, 0) is 12.8 Å². The summed E-state index contributed by atoms with van der Waals surface area (Å²) < 4.78 is 22.9. The number of quaternary nitrogens is 1. The number of nitrogens with zero attached hydrogens (tertiary/aromatic N) is 1. The number of unbranched alkanes of at least 4 members (excludes halogenated alkanes) is 39. The van der Waals surface area contributed by atoms with Crippen molar-refractivity contribution in [1.29, 1.82) is 0 Å². The number of rotatable bonds is 54. The van der Waals surface area contributed by atoms with Crippen LogP contribution in [-0.2, 0) is 33.3 Å². The largest absolute Gasteiger partial charge is 0.477 e. The highest BCUT2D eigenvalue weighted by atomic mass is 16.7. The van der Waals surface area contributed by atoms with Crippen LogP contribution < -0.4 is 0 Å². The number of hydrogen-bond acceptors (Lipinski definition) is 7. The maximum atomic E-state index is 12.9. The molecule has 0 rings (SSSR count). The lowest BCUT2D eigenvalue weighted by Crippen LogP contribution is -2.40. The highest BCUT2D eigenvalue weighted by Crippen LogP contribution is 2.18. The van der Waals surface area contributed by atoms with Crippen molar-refractivity contribution in [2.24, 2.45) is 0 Å². The number of carboxylic acid groups (broad SMARTS) is 1. The number of hydrogen-bond donors (Lipinski definition) is 1. The van der Waals surface area contributed by atoms with E-state index in [0.29, 0.717) is 17.4 Å². The van der Waals surface area contributed by atoms with Crippen molar-refractivity contribution in [2.45, 2.75) is 302 Å². The van der Waals surface area contributed by atoms with Crippen molar-refractivity contribution in [1.82, 2.24) is 0 Å². The number of likely N-dealkylation sites (N-methyl/N-ethyl adjacent to an activating group) is 1. The van der Waals surface area contributed by atoms with Crippen molar-refractivity contribution in [3.05, 3.63) is 0 Å². The molecule has 0 aliphatic carbocycles. The third-order valence-electron chi connectivity index (χ3n) is 13.1. The van der Waals surface area contributed by atoms with E-state index in [2.05, 4.69) is 13.8 Å². The molecular weight excluding hydrogens is 827 g/mol. The van der Waals surface area contributed by atoms with Gasteiger partial charge < -0.3 is 28.5 Å². The first-order valence-electron chi connectivity index (χ1n) is 28.7. The molecule has 66 heavy (non-hydrogen) atoms. The molecule has 0 aromatic rings. The van der Waals surface area contributed by atoms with Crippen LogP contribution in [0.2, 0.25) is 0 Å². The third-order valence-corrected chi connectivity index (χ3v) is 13.1. The molecule has 392 valence electrons. The van der Waals surface area contributed by atoms with Gasteiger partial charge in [-0.1, -0.05) is 264 Å². The fraction of sp³-hybridized carbons (Fsp3) is 0.947. The second kappa shape index (κ2) is 49.7. The fourth-order valence-corrected chi connectivity index (χ4v) is 8.66. The molecule has 1 N–H and O–H groups in total. The molecule has 0 heterocycles. The molecule has 0 saturated carbocycles. The molecule has 2 unspecified atom stereocenters. The topological polar surface area (TPSA) is 108 Å². The maximum Gasteiger partial charge on any atom is 0.361 e. The molecule has 9 nitrogen and oxygen atoms in total. The number of ether oxygens (including phenoxy) is 4. The summed E-state index contributed by atoms with van der Waals surface area (Å²) in [5.41, 5.74) is 0. The van der Waals surface area contributed by atoms with Gasteiger partial charge in [-0.15, -0.1) is 0 Å². The van der Waals surface area contributed by atoms with Gasteiger partial charge in [0.15, 0.2) is 6.10 Å². The molecular formula is C57H112NO8+. The molecule has 0 radical (unpaired) electrons. The summed E-state index contributed by atoms with van der Waals surface area (Å²) in [6.45, 7) is 4.94. The van der Waals surface area contributed by atoms with Gasteiger partial charge in [-0.3, -0.25) is 9.59 Å². The predicted octanol–water partition coefficient (Wildman–Crippen LogP) is 16.4. The molecule has 0 aromatic carbocycles. The van der Waals surface area contributed by atoms with Crippen LogP contribution in [0.25, 0.3) is 0 Å². The molecule has 0 bridgehead atoms. The summed E-state index contributed by atoms with van der Waals surface area (Å²) in [6.07, 6.45) is 51.9. The van der Waals surface area contributed by atoms with Crippen molar-refractivity contribution < 1.29 is 42.9 Å². The van der Waals surface area contributed by atoms with Gasteiger partial charge in [0, 0.05) is 12.8 Å². The van der Waals surface area contributed by atoms with Crippen LogP contribution in [-0.4, -0.2) is 87.4 Å². The average Bonchev–Trinajstić information content (AvgIpc) is 3.28. The van der Waals surface area contributed by atoms with E-state index in [1.165, 1.54) is 225 Å². The third kappa shape index (κ3) is 50.2. The van der Waals surface area contributed by atoms with Crippen LogP contribution in [0.4, 0.5) is 0 Å². The summed E-state index contributed by atoms with van der Waals surface area (Å²) in [4.78, 5) is 37.3. The van der Waals surface area contributed by atoms with Crippen molar-refractivity contribution in [3.8, 4) is 0 Å². The fourth-order valence-electron chi connectivity index (χ4n) is 8.66. The Kier molecular flexibility index (Phi) is 48.4. The lowest BCUT2D eigenvalue weighted by molar-refractivity contribution is -0.870. The molecule has 0 aliphatic rings. The first-order chi connectivity index (χ1) is 32.1. The Balaban J connectivity index is 4.12. The highest BCUT2D eigenvalue weighted by molar-refractivity contribution is 5.71. The Labute approximate surface area is 409 Å². The first-order valence-corrected chi connectivity index (χ1v) is 28.7. The van der Waals surface area contributed by atoms with E-state index >= 15 is 0 Å². The molecule has 0 spiro atoms. The van der Waals surface area contributed by atoms with Crippen molar-refractivity contribution >= 4 is 17.9 Å². The van der Waals surface area contributed by atoms with Crippen molar-refractivity contribution in [2.75, 3.05) is 47.5 Å². The average molecular weight is 940 g/mol. The zero-order valence-corrected chi connectivity index (χ0v) is 44.6. The van der Waals surface area contributed by atoms with E-state index in [1.807, 2.05) is 21.1 Å². The second-order valence-electron chi connectivity index (χ2n) is 21.0. The van der Waals surface area contributed by atoms with Crippen LogP contribution in [0.15, 0.2) is 0 Å². The highest BCUT2D eigenvalue weighted by Gasteiger charge is 2.25. The molecule has 0 amide bonds. The Morgan fingerprint density at radius 1 is 0.394 bits per heavy atom. The zero-order valence-electron chi connectivity index (χ0n) is 44.6. The lowest BCUT2D eigenvalue weighted by Gasteiger charge is -2.25. The number of aliphatic carboxylic acids is 1. The van der Waals surface area contributed by atoms with Gasteiger partial charge in [-0.25, -0.2) is 4.79 Å². The number of carboxylic acids is 1. The Morgan fingerprint density at radius 2 is 0.682 bits per heavy atom. The number of carbonyl (C=O) groups excluding carboxylic acids is 2. The van der Waals surface area contributed by atoms with Crippen LogP contribution in [0.1, 0.15) is 290 Å². The van der Waals surface area contributed by atoms with E-state index < -0.39 is 18.4 Å². The summed E-state index contributed by atoms with van der Waals surface area (Å²) in [7, 11) is 5.98. The summed E-state index contributed by atoms with van der Waals surface area (Å²) in [5.74, 6) is -1.98. The standard InChI is InChI=1S/C57H111NO8/c1-6-8-10-12-14-16-18-20-22-23-24-25-26-27-28-29-30-31-32-33-34-36-38-40-42-44-46-48-55(60)66-53(52-65-57(56(61)62)63-50-49-58(3,4)5)51-64-54(59)47-45-43-41-39-37-35-21-19-17-15-13-11-9-7-2/h53,57H,6-52H2,1-5H3/p+1. The van der Waals surface area contributed by atoms with E-state index in [4.69, 9.17) is 18.9 Å².